The van der Waals surface area contributed by atoms with Crippen molar-refractivity contribution in [2.45, 2.75) is 11.2 Å². The fraction of sp³-hybridized carbons (Fsp3) is 0.0909. The SMILES string of the molecule is N#Cc1c(SC/C(N)=N/N)[nH]c(=O)c(C#N)c1-c1ccccc1-c1ccc(C(F)(F)F)cc1. The average molecular weight is 468 g/mol. The van der Waals surface area contributed by atoms with Crippen LogP contribution in [0.3, 0.4) is 0 Å². The van der Waals surface area contributed by atoms with Crippen molar-refractivity contribution in [3.8, 4) is 34.4 Å². The summed E-state index contributed by atoms with van der Waals surface area (Å²) >= 11 is 1.00. The Morgan fingerprint density at radius 1 is 1.03 bits per heavy atom. The third kappa shape index (κ3) is 4.84. The summed E-state index contributed by atoms with van der Waals surface area (Å²) in [5, 5.41) is 23.0. The number of nitriles is 2. The lowest BCUT2D eigenvalue weighted by Crippen LogP contribution is -2.19. The van der Waals surface area contributed by atoms with Crippen molar-refractivity contribution >= 4 is 17.6 Å². The number of alkyl halides is 3. The molecule has 33 heavy (non-hydrogen) atoms. The predicted molar refractivity (Wildman–Crippen MR) is 119 cm³/mol. The van der Waals surface area contributed by atoms with E-state index in [2.05, 4.69) is 10.1 Å². The molecule has 0 aliphatic heterocycles. The fourth-order valence-electron chi connectivity index (χ4n) is 3.15. The molecule has 0 fully saturated rings. The maximum Gasteiger partial charge on any atom is 0.416 e. The highest BCUT2D eigenvalue weighted by Gasteiger charge is 2.30. The van der Waals surface area contributed by atoms with Gasteiger partial charge in [0.1, 0.15) is 23.5 Å². The average Bonchev–Trinajstić information content (AvgIpc) is 2.81. The third-order valence-electron chi connectivity index (χ3n) is 4.65. The van der Waals surface area contributed by atoms with Gasteiger partial charge < -0.3 is 16.6 Å². The van der Waals surface area contributed by atoms with E-state index in [1.165, 1.54) is 12.1 Å². The number of nitrogens with one attached hydrogen (secondary N) is 1. The Labute approximate surface area is 190 Å². The number of hydrogen-bond donors (Lipinski definition) is 3. The number of halogens is 3. The first-order valence-corrected chi connectivity index (χ1v) is 10.2. The lowest BCUT2D eigenvalue weighted by molar-refractivity contribution is -0.137. The van der Waals surface area contributed by atoms with Gasteiger partial charge in [-0.15, -0.1) is 0 Å². The molecule has 7 nitrogen and oxygen atoms in total. The van der Waals surface area contributed by atoms with E-state index >= 15 is 0 Å². The van der Waals surface area contributed by atoms with E-state index in [1.54, 1.807) is 24.3 Å². The molecule has 0 saturated carbocycles. The molecule has 1 heterocycles. The number of benzene rings is 2. The number of hydrazone groups is 1. The molecule has 166 valence electrons. The molecule has 11 heteroatoms. The van der Waals surface area contributed by atoms with Crippen LogP contribution >= 0.6 is 11.8 Å². The number of amidine groups is 1. The third-order valence-corrected chi connectivity index (χ3v) is 5.69. The second kappa shape index (κ2) is 9.51. The number of aromatic amines is 1. The monoisotopic (exact) mass is 468 g/mol. The molecule has 0 amide bonds. The zero-order chi connectivity index (χ0) is 24.2. The van der Waals surface area contributed by atoms with Gasteiger partial charge >= 0.3 is 6.18 Å². The topological polar surface area (TPSA) is 145 Å². The fourth-order valence-corrected chi connectivity index (χ4v) is 3.97. The van der Waals surface area contributed by atoms with Crippen LogP contribution in [0, 0.1) is 22.7 Å². The summed E-state index contributed by atoms with van der Waals surface area (Å²) in [5.41, 5.74) is 5.06. The minimum Gasteiger partial charge on any atom is -0.385 e. The summed E-state index contributed by atoms with van der Waals surface area (Å²) in [7, 11) is 0. The van der Waals surface area contributed by atoms with Crippen LogP contribution in [0.2, 0.25) is 0 Å². The highest BCUT2D eigenvalue weighted by molar-refractivity contribution is 8.00. The van der Waals surface area contributed by atoms with Crippen LogP contribution in [-0.4, -0.2) is 16.6 Å². The van der Waals surface area contributed by atoms with Crippen molar-refractivity contribution in [3.05, 3.63) is 75.6 Å². The lowest BCUT2D eigenvalue weighted by Gasteiger charge is -2.15. The summed E-state index contributed by atoms with van der Waals surface area (Å²) < 4.78 is 38.9. The van der Waals surface area contributed by atoms with E-state index in [1.807, 2.05) is 12.1 Å². The van der Waals surface area contributed by atoms with Crippen LogP contribution in [0.1, 0.15) is 16.7 Å². The molecule has 0 atom stereocenters. The van der Waals surface area contributed by atoms with Gasteiger partial charge in [-0.1, -0.05) is 48.2 Å². The molecule has 0 spiro atoms. The summed E-state index contributed by atoms with van der Waals surface area (Å²) in [6.07, 6.45) is -4.49. The zero-order valence-electron chi connectivity index (χ0n) is 16.8. The van der Waals surface area contributed by atoms with Gasteiger partial charge in [0.15, 0.2) is 0 Å². The van der Waals surface area contributed by atoms with E-state index in [0.29, 0.717) is 16.7 Å². The van der Waals surface area contributed by atoms with E-state index < -0.39 is 17.3 Å². The standard InChI is InChI=1S/C22H15F3N6OS/c23-22(24,25)13-7-5-12(6-8-13)14-3-1-2-4-15(14)19-16(9-26)20(32)30-21(17(19)10-27)33-11-18(28)31-29/h1-8H,11,29H2,(H2,28,31)(H,30,32). The van der Waals surface area contributed by atoms with Gasteiger partial charge in [0.2, 0.25) is 0 Å². The van der Waals surface area contributed by atoms with Gasteiger partial charge in [-0.25, -0.2) is 0 Å². The van der Waals surface area contributed by atoms with Crippen LogP contribution in [0.15, 0.2) is 63.5 Å². The summed E-state index contributed by atoms with van der Waals surface area (Å²) in [6, 6.07) is 14.8. The van der Waals surface area contributed by atoms with Crippen molar-refractivity contribution in [3.63, 3.8) is 0 Å². The second-order valence-electron chi connectivity index (χ2n) is 6.66. The Kier molecular flexibility index (Phi) is 6.75. The number of rotatable bonds is 5. The van der Waals surface area contributed by atoms with Gasteiger partial charge in [-0.05, 0) is 28.8 Å². The number of nitrogens with two attached hydrogens (primary N) is 2. The van der Waals surface area contributed by atoms with Crippen molar-refractivity contribution in [2.24, 2.45) is 16.7 Å². The van der Waals surface area contributed by atoms with Crippen molar-refractivity contribution in [1.29, 1.82) is 10.5 Å². The van der Waals surface area contributed by atoms with E-state index in [-0.39, 0.29) is 33.3 Å². The van der Waals surface area contributed by atoms with Crippen molar-refractivity contribution in [2.75, 3.05) is 5.75 Å². The molecule has 5 N–H and O–H groups in total. The van der Waals surface area contributed by atoms with Crippen molar-refractivity contribution in [1.82, 2.24) is 4.98 Å². The van der Waals surface area contributed by atoms with Crippen LogP contribution in [0.4, 0.5) is 13.2 Å². The minimum atomic E-state index is -4.49. The van der Waals surface area contributed by atoms with Gasteiger partial charge in [-0.3, -0.25) is 4.79 Å². The Morgan fingerprint density at radius 2 is 1.64 bits per heavy atom. The molecule has 0 unspecified atom stereocenters. The maximum absolute atomic E-state index is 13.0. The van der Waals surface area contributed by atoms with E-state index in [9.17, 15) is 28.5 Å². The summed E-state index contributed by atoms with van der Waals surface area (Å²) in [6.45, 7) is 0. The van der Waals surface area contributed by atoms with Crippen LogP contribution in [0.5, 0.6) is 0 Å². The number of hydrogen-bond acceptors (Lipinski definition) is 6. The Hall–Kier alpha value is -4.22. The normalized spacial score (nSPS) is 11.6. The summed E-state index contributed by atoms with van der Waals surface area (Å²) in [5.74, 6) is 5.27. The van der Waals surface area contributed by atoms with Gasteiger partial charge in [0.05, 0.1) is 21.9 Å². The number of aromatic nitrogens is 1. The van der Waals surface area contributed by atoms with Gasteiger partial charge in [-0.2, -0.15) is 28.8 Å². The van der Waals surface area contributed by atoms with E-state index in [4.69, 9.17) is 11.6 Å². The van der Waals surface area contributed by atoms with E-state index in [0.717, 1.165) is 23.9 Å². The largest absolute Gasteiger partial charge is 0.416 e. The lowest BCUT2D eigenvalue weighted by atomic mass is 9.90. The molecular weight excluding hydrogens is 453 g/mol. The molecule has 0 aliphatic rings. The number of thioether (sulfide) groups is 1. The molecule has 2 aromatic carbocycles. The van der Waals surface area contributed by atoms with Crippen LogP contribution in [-0.2, 0) is 6.18 Å². The number of pyridine rings is 1. The molecule has 1 aromatic heterocycles. The first kappa shape index (κ1) is 23.4. The Bertz CT molecular complexity index is 1370. The number of H-pyrrole nitrogens is 1. The molecule has 0 saturated heterocycles. The first-order valence-electron chi connectivity index (χ1n) is 9.23. The van der Waals surface area contributed by atoms with Gasteiger partial charge in [0.25, 0.3) is 5.56 Å². The molecule has 3 aromatic rings. The van der Waals surface area contributed by atoms with Crippen LogP contribution in [0.25, 0.3) is 22.3 Å². The Morgan fingerprint density at radius 3 is 2.18 bits per heavy atom. The Balaban J connectivity index is 2.26. The minimum absolute atomic E-state index is 0.0142. The maximum atomic E-state index is 13.0. The molecule has 0 aliphatic carbocycles. The van der Waals surface area contributed by atoms with Gasteiger partial charge in [0, 0.05) is 5.56 Å². The smallest absolute Gasteiger partial charge is 0.385 e. The molecule has 0 bridgehead atoms. The first-order chi connectivity index (χ1) is 15.7. The van der Waals surface area contributed by atoms with Crippen LogP contribution < -0.4 is 17.1 Å². The van der Waals surface area contributed by atoms with Crippen molar-refractivity contribution < 1.29 is 13.2 Å². The number of nitrogens with zero attached hydrogens (tertiary/aromatic N) is 3. The highest BCUT2D eigenvalue weighted by Crippen LogP contribution is 2.38. The zero-order valence-corrected chi connectivity index (χ0v) is 17.6. The molecule has 3 rings (SSSR count). The quantitative estimate of drug-likeness (QED) is 0.171. The predicted octanol–water partition coefficient (Wildman–Crippen LogP) is 3.79. The second-order valence-corrected chi connectivity index (χ2v) is 7.65. The highest BCUT2D eigenvalue weighted by atomic mass is 32.2. The summed E-state index contributed by atoms with van der Waals surface area (Å²) in [4.78, 5) is 15.1. The molecular formula is C22H15F3N6OS. The molecule has 0 radical (unpaired) electrons.